The molecule has 0 spiro atoms. The SMILES string of the molecule is CC1=C(C)N(C)C(C)N1C.Cc1c(C)c(C)[n+](C)c(C)c1C. The summed E-state index contributed by atoms with van der Waals surface area (Å²) >= 11 is 0. The van der Waals surface area contributed by atoms with Crippen molar-refractivity contribution in [1.29, 1.82) is 0 Å². The quantitative estimate of drug-likeness (QED) is 0.679. The lowest BCUT2D eigenvalue weighted by Gasteiger charge is -2.25. The predicted octanol–water partition coefficient (Wildman–Crippen LogP) is 3.51. The Morgan fingerprint density at radius 1 is 0.682 bits per heavy atom. The predicted molar refractivity (Wildman–Crippen MR) is 94.7 cm³/mol. The van der Waals surface area contributed by atoms with Gasteiger partial charge in [-0.15, -0.1) is 0 Å². The molecular weight excluding hydrogens is 270 g/mol. The molecule has 1 aliphatic heterocycles. The summed E-state index contributed by atoms with van der Waals surface area (Å²) < 4.78 is 2.26. The lowest BCUT2D eigenvalue weighted by atomic mass is 10.0. The Hall–Kier alpha value is -1.51. The fraction of sp³-hybridized carbons (Fsp3) is 0.632. The van der Waals surface area contributed by atoms with E-state index in [1.54, 1.807) is 0 Å². The highest BCUT2D eigenvalue weighted by Gasteiger charge is 2.24. The first-order chi connectivity index (χ1) is 10.0. The number of hydrogen-bond donors (Lipinski definition) is 0. The van der Waals surface area contributed by atoms with Gasteiger partial charge in [0.15, 0.2) is 11.4 Å². The smallest absolute Gasteiger partial charge is 0.181 e. The second kappa shape index (κ2) is 6.72. The first-order valence-corrected chi connectivity index (χ1v) is 8.08. The van der Waals surface area contributed by atoms with Gasteiger partial charge in [0.25, 0.3) is 0 Å². The highest BCUT2D eigenvalue weighted by molar-refractivity contribution is 5.33. The van der Waals surface area contributed by atoms with E-state index in [4.69, 9.17) is 0 Å². The third-order valence-electron chi connectivity index (χ3n) is 5.92. The van der Waals surface area contributed by atoms with Crippen molar-refractivity contribution in [3.63, 3.8) is 0 Å². The van der Waals surface area contributed by atoms with Crippen molar-refractivity contribution in [1.82, 2.24) is 9.80 Å². The van der Waals surface area contributed by atoms with E-state index in [-0.39, 0.29) is 0 Å². The number of aromatic nitrogens is 1. The van der Waals surface area contributed by atoms with Gasteiger partial charge < -0.3 is 9.80 Å². The molecule has 0 amide bonds. The Labute approximate surface area is 137 Å². The van der Waals surface area contributed by atoms with Gasteiger partial charge in [-0.1, -0.05) is 0 Å². The Bertz CT molecular complexity index is 476. The Balaban J connectivity index is 0.000000224. The van der Waals surface area contributed by atoms with Gasteiger partial charge >= 0.3 is 0 Å². The zero-order valence-corrected chi connectivity index (χ0v) is 16.4. The van der Waals surface area contributed by atoms with E-state index in [1.165, 1.54) is 39.5 Å². The van der Waals surface area contributed by atoms with Gasteiger partial charge in [0.2, 0.25) is 0 Å². The monoisotopic (exact) mass is 304 g/mol. The van der Waals surface area contributed by atoms with Gasteiger partial charge in [0, 0.05) is 50.5 Å². The van der Waals surface area contributed by atoms with Crippen molar-refractivity contribution >= 4 is 0 Å². The number of hydrogen-bond acceptors (Lipinski definition) is 2. The molecule has 1 aromatic heterocycles. The molecule has 0 fully saturated rings. The van der Waals surface area contributed by atoms with Gasteiger partial charge in [-0.2, -0.15) is 0 Å². The molecule has 1 aliphatic rings. The molecule has 0 aromatic carbocycles. The molecule has 1 aromatic rings. The number of allylic oxidation sites excluding steroid dienone is 2. The molecule has 2 rings (SSSR count). The van der Waals surface area contributed by atoms with E-state index in [9.17, 15) is 0 Å². The summed E-state index contributed by atoms with van der Waals surface area (Å²) in [6, 6.07) is 0. The zero-order valence-electron chi connectivity index (χ0n) is 16.4. The summed E-state index contributed by atoms with van der Waals surface area (Å²) in [5.41, 5.74) is 9.78. The largest absolute Gasteiger partial charge is 0.357 e. The molecule has 3 heteroatoms. The first-order valence-electron chi connectivity index (χ1n) is 8.08. The summed E-state index contributed by atoms with van der Waals surface area (Å²) in [5.74, 6) is 0. The van der Waals surface area contributed by atoms with E-state index in [2.05, 4.69) is 90.9 Å². The Morgan fingerprint density at radius 3 is 1.23 bits per heavy atom. The maximum Gasteiger partial charge on any atom is 0.181 e. The zero-order chi connectivity index (χ0) is 17.4. The molecule has 0 aliphatic carbocycles. The van der Waals surface area contributed by atoms with Gasteiger partial charge in [0.1, 0.15) is 7.05 Å². The number of nitrogens with zero attached hydrogens (tertiary/aromatic N) is 3. The molecule has 0 unspecified atom stereocenters. The molecule has 0 saturated heterocycles. The summed E-state index contributed by atoms with van der Waals surface area (Å²) in [7, 11) is 6.39. The van der Waals surface area contributed by atoms with E-state index >= 15 is 0 Å². The van der Waals surface area contributed by atoms with E-state index in [0.29, 0.717) is 6.17 Å². The van der Waals surface area contributed by atoms with Crippen LogP contribution in [0.15, 0.2) is 11.4 Å². The van der Waals surface area contributed by atoms with Gasteiger partial charge in [-0.05, 0) is 47.1 Å². The van der Waals surface area contributed by atoms with Crippen LogP contribution in [-0.2, 0) is 7.05 Å². The fourth-order valence-electron chi connectivity index (χ4n) is 2.91. The van der Waals surface area contributed by atoms with Crippen LogP contribution in [0.1, 0.15) is 48.8 Å². The third kappa shape index (κ3) is 3.13. The number of pyridine rings is 1. The minimum Gasteiger partial charge on any atom is -0.357 e. The molecule has 0 radical (unpaired) electrons. The third-order valence-corrected chi connectivity index (χ3v) is 5.92. The normalized spacial score (nSPS) is 15.4. The maximum absolute atomic E-state index is 2.29. The molecule has 2 heterocycles. The summed E-state index contributed by atoms with van der Waals surface area (Å²) in [6.07, 6.45) is 0.528. The van der Waals surface area contributed by atoms with Crippen LogP contribution in [0.4, 0.5) is 0 Å². The highest BCUT2D eigenvalue weighted by atomic mass is 15.4. The van der Waals surface area contributed by atoms with Gasteiger partial charge in [0.05, 0.1) is 6.17 Å². The molecule has 3 nitrogen and oxygen atoms in total. The topological polar surface area (TPSA) is 10.4 Å². The number of rotatable bonds is 0. The van der Waals surface area contributed by atoms with Crippen LogP contribution in [0.5, 0.6) is 0 Å². The molecule has 0 N–H and O–H groups in total. The minimum absolute atomic E-state index is 0.528. The summed E-state index contributed by atoms with van der Waals surface area (Å²) in [5, 5.41) is 0. The van der Waals surface area contributed by atoms with E-state index in [1.807, 2.05) is 0 Å². The lowest BCUT2D eigenvalue weighted by Crippen LogP contribution is -2.37. The van der Waals surface area contributed by atoms with Crippen LogP contribution in [0.2, 0.25) is 0 Å². The van der Waals surface area contributed by atoms with Crippen LogP contribution >= 0.6 is 0 Å². The lowest BCUT2D eigenvalue weighted by molar-refractivity contribution is -0.684. The molecule has 0 bridgehead atoms. The molecule has 22 heavy (non-hydrogen) atoms. The average molecular weight is 305 g/mol. The van der Waals surface area contributed by atoms with Crippen molar-refractivity contribution in [3.8, 4) is 0 Å². The molecule has 0 atom stereocenters. The van der Waals surface area contributed by atoms with Crippen LogP contribution in [0.3, 0.4) is 0 Å². The maximum atomic E-state index is 2.29. The first kappa shape index (κ1) is 18.5. The second-order valence-electron chi connectivity index (χ2n) is 6.63. The fourth-order valence-corrected chi connectivity index (χ4v) is 2.91. The van der Waals surface area contributed by atoms with Crippen LogP contribution in [0.25, 0.3) is 0 Å². The minimum atomic E-state index is 0.528. The van der Waals surface area contributed by atoms with E-state index in [0.717, 1.165) is 0 Å². The van der Waals surface area contributed by atoms with E-state index < -0.39 is 0 Å². The standard InChI is InChI=1S/C11H18N.C8H16N2/c1-7-8(2)10(4)12(6)11(5)9(7)3;1-6-7(2)10(5)8(3)9(6)4/h1-6H3;8H,1-5H3/q+1;. The van der Waals surface area contributed by atoms with Gasteiger partial charge in [-0.25, -0.2) is 4.57 Å². The molecule has 0 saturated carbocycles. The highest BCUT2D eigenvalue weighted by Crippen LogP contribution is 2.24. The van der Waals surface area contributed by atoms with Crippen molar-refractivity contribution in [2.45, 2.75) is 61.6 Å². The molecule has 124 valence electrons. The average Bonchev–Trinajstić information content (AvgIpc) is 2.67. The molecular formula is C19H34N3+. The van der Waals surface area contributed by atoms with Crippen molar-refractivity contribution < 1.29 is 4.57 Å². The Morgan fingerprint density at radius 2 is 1.00 bits per heavy atom. The van der Waals surface area contributed by atoms with Crippen molar-refractivity contribution in [2.24, 2.45) is 7.05 Å². The van der Waals surface area contributed by atoms with Crippen molar-refractivity contribution in [3.05, 3.63) is 39.5 Å². The summed E-state index contributed by atoms with van der Waals surface area (Å²) in [6.45, 7) is 17.5. The van der Waals surface area contributed by atoms with Crippen LogP contribution in [-0.4, -0.2) is 30.1 Å². The van der Waals surface area contributed by atoms with Crippen LogP contribution in [0, 0.1) is 34.6 Å². The second-order valence-corrected chi connectivity index (χ2v) is 6.63. The van der Waals surface area contributed by atoms with Gasteiger partial charge in [-0.3, -0.25) is 0 Å². The van der Waals surface area contributed by atoms with Crippen molar-refractivity contribution in [2.75, 3.05) is 14.1 Å². The summed E-state index contributed by atoms with van der Waals surface area (Å²) in [4.78, 5) is 4.57. The Kier molecular flexibility index (Phi) is 5.66. The van der Waals surface area contributed by atoms with Crippen LogP contribution < -0.4 is 4.57 Å².